The van der Waals surface area contributed by atoms with Gasteiger partial charge in [-0.25, -0.2) is 8.42 Å². The molecule has 2 N–H and O–H groups in total. The van der Waals surface area contributed by atoms with Crippen LogP contribution in [0.4, 0.5) is 5.69 Å². The van der Waals surface area contributed by atoms with Crippen LogP contribution < -0.4 is 5.32 Å². The number of carbonyl (C=O) groups excluding carboxylic acids is 1. The number of carbonyl (C=O) groups is 1. The van der Waals surface area contributed by atoms with Crippen LogP contribution in [0.2, 0.25) is 5.02 Å². The third-order valence-electron chi connectivity index (χ3n) is 5.13. The van der Waals surface area contributed by atoms with Crippen molar-refractivity contribution in [2.45, 2.75) is 24.7 Å². The highest BCUT2D eigenvalue weighted by Crippen LogP contribution is 2.30. The van der Waals surface area contributed by atoms with E-state index in [2.05, 4.69) is 10.3 Å². The van der Waals surface area contributed by atoms with Gasteiger partial charge in [0, 0.05) is 23.5 Å². The molecule has 0 aliphatic carbocycles. The number of nitrogens with one attached hydrogen (secondary N) is 1. The van der Waals surface area contributed by atoms with Crippen LogP contribution in [0.3, 0.4) is 0 Å². The van der Waals surface area contributed by atoms with Crippen molar-refractivity contribution in [3.8, 4) is 5.75 Å². The van der Waals surface area contributed by atoms with Crippen LogP contribution in [-0.2, 0) is 10.0 Å². The van der Waals surface area contributed by atoms with E-state index < -0.39 is 15.9 Å². The first-order valence-electron chi connectivity index (χ1n) is 9.47. The number of halogens is 1. The van der Waals surface area contributed by atoms with Crippen LogP contribution in [0.5, 0.6) is 5.75 Å². The lowest BCUT2D eigenvalue weighted by Gasteiger charge is -2.17. The Labute approximate surface area is 179 Å². The summed E-state index contributed by atoms with van der Waals surface area (Å²) >= 11 is 6.03. The minimum absolute atomic E-state index is 0.0193. The monoisotopic (exact) mass is 445 g/mol. The molecule has 156 valence electrons. The summed E-state index contributed by atoms with van der Waals surface area (Å²) in [7, 11) is -3.68. The molecule has 0 saturated carbocycles. The highest BCUT2D eigenvalue weighted by atomic mass is 35.5. The Morgan fingerprint density at radius 1 is 1.13 bits per heavy atom. The zero-order valence-electron chi connectivity index (χ0n) is 16.2. The second-order valence-electron chi connectivity index (χ2n) is 7.20. The lowest BCUT2D eigenvalue weighted by molar-refractivity contribution is 0.102. The molecule has 30 heavy (non-hydrogen) atoms. The van der Waals surface area contributed by atoms with Gasteiger partial charge in [0.05, 0.1) is 27.4 Å². The number of aryl methyl sites for hydroxylation is 1. The molecule has 7 nitrogen and oxygen atoms in total. The second-order valence-corrected chi connectivity index (χ2v) is 9.58. The van der Waals surface area contributed by atoms with Gasteiger partial charge in [-0.05, 0) is 62.2 Å². The van der Waals surface area contributed by atoms with Gasteiger partial charge < -0.3 is 10.4 Å². The van der Waals surface area contributed by atoms with Crippen LogP contribution in [0.25, 0.3) is 10.9 Å². The number of anilines is 1. The summed E-state index contributed by atoms with van der Waals surface area (Å²) < 4.78 is 27.0. The zero-order valence-corrected chi connectivity index (χ0v) is 17.8. The highest BCUT2D eigenvalue weighted by molar-refractivity contribution is 7.89. The van der Waals surface area contributed by atoms with E-state index >= 15 is 0 Å². The molecule has 0 bridgehead atoms. The summed E-state index contributed by atoms with van der Waals surface area (Å²) in [4.78, 5) is 17.3. The molecule has 0 atom stereocenters. The van der Waals surface area contributed by atoms with E-state index in [4.69, 9.17) is 11.6 Å². The Bertz CT molecular complexity index is 1250. The molecule has 1 fully saturated rings. The van der Waals surface area contributed by atoms with E-state index in [9.17, 15) is 18.3 Å². The maximum absolute atomic E-state index is 12.9. The molecule has 2 heterocycles. The Morgan fingerprint density at radius 3 is 2.60 bits per heavy atom. The van der Waals surface area contributed by atoms with Crippen LogP contribution in [0, 0.1) is 6.92 Å². The van der Waals surface area contributed by atoms with Gasteiger partial charge in [0.25, 0.3) is 5.91 Å². The van der Waals surface area contributed by atoms with Crippen molar-refractivity contribution in [2.75, 3.05) is 18.4 Å². The number of nitrogens with zero attached hydrogens (tertiary/aromatic N) is 2. The van der Waals surface area contributed by atoms with Gasteiger partial charge >= 0.3 is 0 Å². The maximum atomic E-state index is 12.9. The molecule has 1 saturated heterocycles. The average molecular weight is 446 g/mol. The number of phenolic OH excluding ortho intramolecular Hbond substituents is 1. The van der Waals surface area contributed by atoms with Crippen molar-refractivity contribution in [1.29, 1.82) is 0 Å². The van der Waals surface area contributed by atoms with Gasteiger partial charge in [0.2, 0.25) is 10.0 Å². The van der Waals surface area contributed by atoms with Gasteiger partial charge in [-0.1, -0.05) is 11.6 Å². The fraction of sp³-hybridized carbons (Fsp3) is 0.238. The second kappa shape index (κ2) is 7.86. The zero-order chi connectivity index (χ0) is 21.5. The topological polar surface area (TPSA) is 99.6 Å². The van der Waals surface area contributed by atoms with Crippen molar-refractivity contribution < 1.29 is 18.3 Å². The van der Waals surface area contributed by atoms with E-state index in [1.165, 1.54) is 22.5 Å². The number of sulfonamides is 1. The number of hydrogen-bond donors (Lipinski definition) is 2. The summed E-state index contributed by atoms with van der Waals surface area (Å²) in [6.45, 7) is 2.64. The summed E-state index contributed by atoms with van der Waals surface area (Å²) in [6, 6.07) is 10.8. The Hall–Kier alpha value is -2.68. The van der Waals surface area contributed by atoms with Crippen molar-refractivity contribution in [1.82, 2.24) is 9.29 Å². The van der Waals surface area contributed by atoms with Gasteiger partial charge in [-0.3, -0.25) is 9.78 Å². The summed E-state index contributed by atoms with van der Waals surface area (Å²) in [6.07, 6.45) is 1.64. The van der Waals surface area contributed by atoms with E-state index in [-0.39, 0.29) is 16.3 Å². The van der Waals surface area contributed by atoms with Crippen LogP contribution in [0.15, 0.2) is 47.4 Å². The van der Waals surface area contributed by atoms with Crippen LogP contribution in [-0.4, -0.2) is 41.8 Å². The first-order chi connectivity index (χ1) is 14.3. The standard InChI is InChI=1S/C21H20ClN3O4S/c1-13-17(11-14-10-15(22)4-6-18(14)23-13)21(27)24-19-12-16(5-7-20(19)26)30(28,29)25-8-2-3-9-25/h4-7,10-12,26H,2-3,8-9H2,1H3,(H,24,27). The SMILES string of the molecule is Cc1nc2ccc(Cl)cc2cc1C(=O)Nc1cc(S(=O)(=O)N2CCCC2)ccc1O. The fourth-order valence-electron chi connectivity index (χ4n) is 3.52. The third-order valence-corrected chi connectivity index (χ3v) is 7.26. The highest BCUT2D eigenvalue weighted by Gasteiger charge is 2.28. The number of amides is 1. The van der Waals surface area contributed by atoms with Gasteiger partial charge in [0.1, 0.15) is 5.75 Å². The number of aromatic hydroxyl groups is 1. The largest absolute Gasteiger partial charge is 0.506 e. The Balaban J connectivity index is 1.66. The molecule has 0 unspecified atom stereocenters. The van der Waals surface area contributed by atoms with E-state index in [0.717, 1.165) is 12.8 Å². The molecule has 4 rings (SSSR count). The molecule has 9 heteroatoms. The number of fused-ring (bicyclic) bond motifs is 1. The van der Waals surface area contributed by atoms with Gasteiger partial charge in [0.15, 0.2) is 0 Å². The lowest BCUT2D eigenvalue weighted by atomic mass is 10.1. The van der Waals surface area contributed by atoms with Gasteiger partial charge in [-0.15, -0.1) is 0 Å². The van der Waals surface area contributed by atoms with E-state index in [1.54, 1.807) is 31.2 Å². The van der Waals surface area contributed by atoms with Crippen molar-refractivity contribution in [3.63, 3.8) is 0 Å². The molecular weight excluding hydrogens is 426 g/mol. The quantitative estimate of drug-likeness (QED) is 0.592. The first kappa shape index (κ1) is 20.6. The third kappa shape index (κ3) is 3.86. The molecule has 1 aliphatic heterocycles. The first-order valence-corrected chi connectivity index (χ1v) is 11.3. The Morgan fingerprint density at radius 2 is 1.87 bits per heavy atom. The van der Waals surface area contributed by atoms with Crippen molar-refractivity contribution in [3.05, 3.63) is 58.7 Å². The number of pyridine rings is 1. The van der Waals surface area contributed by atoms with Crippen molar-refractivity contribution >= 4 is 44.1 Å². The smallest absolute Gasteiger partial charge is 0.257 e. The normalized spacial score (nSPS) is 14.9. The van der Waals surface area contributed by atoms with Crippen molar-refractivity contribution in [2.24, 2.45) is 0 Å². The molecule has 0 spiro atoms. The molecule has 1 amide bonds. The van der Waals surface area contributed by atoms with E-state index in [0.29, 0.717) is 40.3 Å². The van der Waals surface area contributed by atoms with E-state index in [1.807, 2.05) is 0 Å². The lowest BCUT2D eigenvalue weighted by Crippen LogP contribution is -2.28. The minimum atomic E-state index is -3.68. The number of benzene rings is 2. The summed E-state index contributed by atoms with van der Waals surface area (Å²) in [5.41, 5.74) is 1.53. The minimum Gasteiger partial charge on any atom is -0.506 e. The predicted molar refractivity (Wildman–Crippen MR) is 116 cm³/mol. The molecule has 3 aromatic rings. The molecule has 2 aromatic carbocycles. The fourth-order valence-corrected chi connectivity index (χ4v) is 5.24. The van der Waals surface area contributed by atoms with Gasteiger partial charge in [-0.2, -0.15) is 4.31 Å². The summed E-state index contributed by atoms with van der Waals surface area (Å²) in [5, 5.41) is 14.0. The van der Waals surface area contributed by atoms with Crippen LogP contribution >= 0.6 is 11.6 Å². The number of hydrogen-bond acceptors (Lipinski definition) is 5. The number of aromatic nitrogens is 1. The Kier molecular flexibility index (Phi) is 5.40. The maximum Gasteiger partial charge on any atom is 0.257 e. The summed E-state index contributed by atoms with van der Waals surface area (Å²) in [5.74, 6) is -0.730. The van der Waals surface area contributed by atoms with Crippen LogP contribution in [0.1, 0.15) is 28.9 Å². The molecule has 1 aromatic heterocycles. The molecule has 0 radical (unpaired) electrons. The number of rotatable bonds is 4. The number of phenols is 1. The molecular formula is C21H20ClN3O4S. The predicted octanol–water partition coefficient (Wildman–Crippen LogP) is 3.94. The average Bonchev–Trinajstić information content (AvgIpc) is 3.25. The molecule has 1 aliphatic rings.